The first-order valence-corrected chi connectivity index (χ1v) is 9.53. The quantitative estimate of drug-likeness (QED) is 0.578. The van der Waals surface area contributed by atoms with Gasteiger partial charge in [0.05, 0.1) is 7.11 Å². The van der Waals surface area contributed by atoms with Crippen LogP contribution < -0.4 is 14.8 Å². The number of benzene rings is 2. The number of methoxy groups -OCH3 is 1. The Morgan fingerprint density at radius 1 is 1.14 bits per heavy atom. The van der Waals surface area contributed by atoms with E-state index in [0.29, 0.717) is 35.6 Å². The average molecular weight is 402 g/mol. The Balaban J connectivity index is 1.70. The number of ether oxygens (including phenoxy) is 2. The van der Waals surface area contributed by atoms with Gasteiger partial charge in [-0.1, -0.05) is 53.5 Å². The van der Waals surface area contributed by atoms with E-state index >= 15 is 0 Å². The van der Waals surface area contributed by atoms with E-state index in [0.717, 1.165) is 24.1 Å². The first-order chi connectivity index (χ1) is 13.6. The molecule has 0 radical (unpaired) electrons. The lowest BCUT2D eigenvalue weighted by Gasteiger charge is -2.14. The van der Waals surface area contributed by atoms with Crippen molar-refractivity contribution in [2.45, 2.75) is 40.0 Å². The third-order valence-corrected chi connectivity index (χ3v) is 4.60. The molecule has 0 bridgehead atoms. The van der Waals surface area contributed by atoms with Crippen molar-refractivity contribution in [3.05, 3.63) is 58.1 Å². The number of hydrogen-bond donors (Lipinski definition) is 1. The van der Waals surface area contributed by atoms with Gasteiger partial charge < -0.3 is 14.8 Å². The lowest BCUT2D eigenvalue weighted by atomic mass is 10.1. The molecule has 148 valence electrons. The maximum atomic E-state index is 6.47. The van der Waals surface area contributed by atoms with E-state index in [1.165, 1.54) is 5.56 Å². The van der Waals surface area contributed by atoms with E-state index in [2.05, 4.69) is 46.8 Å². The van der Waals surface area contributed by atoms with E-state index in [4.69, 9.17) is 21.1 Å². The highest BCUT2D eigenvalue weighted by Gasteiger charge is 2.12. The summed E-state index contributed by atoms with van der Waals surface area (Å²) in [5.41, 5.74) is 3.16. The van der Waals surface area contributed by atoms with Crippen LogP contribution in [0.3, 0.4) is 0 Å². The summed E-state index contributed by atoms with van der Waals surface area (Å²) in [6, 6.07) is 11.9. The highest BCUT2D eigenvalue weighted by molar-refractivity contribution is 6.31. The van der Waals surface area contributed by atoms with E-state index in [1.54, 1.807) is 17.9 Å². The zero-order chi connectivity index (χ0) is 19.9. The number of aryl methyl sites for hydroxylation is 2. The number of nitrogens with zero attached hydrogens (tertiary/aromatic N) is 4. The van der Waals surface area contributed by atoms with Gasteiger partial charge in [0.25, 0.3) is 0 Å². The van der Waals surface area contributed by atoms with Crippen LogP contribution in [-0.4, -0.2) is 27.3 Å². The topological polar surface area (TPSA) is 74.1 Å². The minimum Gasteiger partial charge on any atom is -0.493 e. The zero-order valence-corrected chi connectivity index (χ0v) is 17.0. The van der Waals surface area contributed by atoms with E-state index in [-0.39, 0.29) is 0 Å². The molecule has 0 saturated heterocycles. The molecule has 0 fully saturated rings. The summed E-state index contributed by atoms with van der Waals surface area (Å²) in [6.45, 7) is 5.79. The number of halogens is 1. The van der Waals surface area contributed by atoms with Crippen LogP contribution >= 0.6 is 11.6 Å². The van der Waals surface area contributed by atoms with Crippen LogP contribution in [0.15, 0.2) is 36.4 Å². The molecule has 0 atom stereocenters. The van der Waals surface area contributed by atoms with Gasteiger partial charge in [-0.3, -0.25) is 0 Å². The predicted molar refractivity (Wildman–Crippen MR) is 109 cm³/mol. The molecule has 3 aromatic rings. The summed E-state index contributed by atoms with van der Waals surface area (Å²) in [5.74, 6) is 1.84. The van der Waals surface area contributed by atoms with Crippen molar-refractivity contribution in [3.63, 3.8) is 0 Å². The normalized spacial score (nSPS) is 10.7. The van der Waals surface area contributed by atoms with Gasteiger partial charge >= 0.3 is 0 Å². The van der Waals surface area contributed by atoms with Crippen molar-refractivity contribution in [2.75, 3.05) is 12.4 Å². The van der Waals surface area contributed by atoms with Crippen molar-refractivity contribution in [1.29, 1.82) is 0 Å². The Bertz CT molecular complexity index is 911. The van der Waals surface area contributed by atoms with Crippen LogP contribution in [0.25, 0.3) is 0 Å². The highest BCUT2D eigenvalue weighted by Crippen LogP contribution is 2.34. The van der Waals surface area contributed by atoms with Gasteiger partial charge in [-0.05, 0) is 41.0 Å². The lowest BCUT2D eigenvalue weighted by molar-refractivity contribution is 0.284. The summed E-state index contributed by atoms with van der Waals surface area (Å²) < 4.78 is 13.1. The number of rotatable bonds is 9. The summed E-state index contributed by atoms with van der Waals surface area (Å²) in [4.78, 5) is 0. The number of nitrogens with one attached hydrogen (secondary N) is 1. The Hall–Kier alpha value is -2.80. The monoisotopic (exact) mass is 401 g/mol. The van der Waals surface area contributed by atoms with E-state index in [1.807, 2.05) is 18.2 Å². The Morgan fingerprint density at radius 3 is 2.64 bits per heavy atom. The van der Waals surface area contributed by atoms with Crippen molar-refractivity contribution in [2.24, 2.45) is 0 Å². The van der Waals surface area contributed by atoms with Crippen molar-refractivity contribution in [3.8, 4) is 11.5 Å². The Morgan fingerprint density at radius 2 is 1.93 bits per heavy atom. The van der Waals surface area contributed by atoms with Gasteiger partial charge in [0.2, 0.25) is 5.95 Å². The molecule has 0 aliphatic carbocycles. The number of tetrazole rings is 1. The van der Waals surface area contributed by atoms with Crippen LogP contribution in [0, 0.1) is 6.92 Å². The SMILES string of the molecule is CCCn1nnnc1NCc1cc(OC)c(OCc2ccc(C)cc2)cc1Cl. The fourth-order valence-electron chi connectivity index (χ4n) is 2.70. The number of anilines is 1. The van der Waals surface area contributed by atoms with Gasteiger partial charge in [0.1, 0.15) is 6.61 Å². The lowest BCUT2D eigenvalue weighted by Crippen LogP contribution is -2.09. The molecule has 1 N–H and O–H groups in total. The molecule has 3 rings (SSSR count). The largest absolute Gasteiger partial charge is 0.493 e. The molecule has 1 heterocycles. The van der Waals surface area contributed by atoms with Crippen molar-refractivity contribution >= 4 is 17.5 Å². The van der Waals surface area contributed by atoms with Crippen molar-refractivity contribution < 1.29 is 9.47 Å². The van der Waals surface area contributed by atoms with Crippen LogP contribution in [0.1, 0.15) is 30.0 Å². The predicted octanol–water partition coefficient (Wildman–Crippen LogP) is 4.24. The van der Waals surface area contributed by atoms with Gasteiger partial charge in [0.15, 0.2) is 11.5 Å². The number of hydrogen-bond acceptors (Lipinski definition) is 6. The van der Waals surface area contributed by atoms with Gasteiger partial charge in [-0.2, -0.15) is 0 Å². The van der Waals surface area contributed by atoms with Gasteiger partial charge in [-0.25, -0.2) is 4.68 Å². The summed E-state index contributed by atoms with van der Waals surface area (Å²) >= 11 is 6.47. The smallest absolute Gasteiger partial charge is 0.243 e. The maximum absolute atomic E-state index is 6.47. The maximum Gasteiger partial charge on any atom is 0.243 e. The molecule has 0 amide bonds. The van der Waals surface area contributed by atoms with E-state index in [9.17, 15) is 0 Å². The second-order valence-corrected chi connectivity index (χ2v) is 6.86. The van der Waals surface area contributed by atoms with E-state index < -0.39 is 0 Å². The van der Waals surface area contributed by atoms with Crippen LogP contribution in [-0.2, 0) is 19.7 Å². The second-order valence-electron chi connectivity index (χ2n) is 6.45. The average Bonchev–Trinajstić information content (AvgIpc) is 3.14. The van der Waals surface area contributed by atoms with Crippen LogP contribution in [0.5, 0.6) is 11.5 Å². The molecule has 28 heavy (non-hydrogen) atoms. The molecule has 0 aliphatic heterocycles. The fraction of sp³-hybridized carbons (Fsp3) is 0.350. The minimum atomic E-state index is 0.441. The fourth-order valence-corrected chi connectivity index (χ4v) is 2.92. The van der Waals surface area contributed by atoms with Gasteiger partial charge in [0, 0.05) is 24.2 Å². The Kier molecular flexibility index (Phi) is 6.71. The molecular weight excluding hydrogens is 378 g/mol. The summed E-state index contributed by atoms with van der Waals surface area (Å²) in [5, 5.41) is 15.5. The summed E-state index contributed by atoms with van der Waals surface area (Å²) in [7, 11) is 1.61. The molecule has 0 saturated carbocycles. The molecule has 0 aliphatic rings. The van der Waals surface area contributed by atoms with Crippen molar-refractivity contribution in [1.82, 2.24) is 20.2 Å². The standard InChI is InChI=1S/C20H24ClN5O2/c1-4-9-26-20(23-24-25-26)22-12-16-10-18(27-3)19(11-17(16)21)28-13-15-7-5-14(2)6-8-15/h5-8,10-11H,4,9,12-13H2,1-3H3,(H,22,23,25). The Labute approximate surface area is 169 Å². The number of aromatic nitrogens is 4. The summed E-state index contributed by atoms with van der Waals surface area (Å²) in [6.07, 6.45) is 0.946. The molecule has 2 aromatic carbocycles. The molecule has 0 spiro atoms. The molecule has 8 heteroatoms. The zero-order valence-electron chi connectivity index (χ0n) is 16.3. The molecule has 7 nitrogen and oxygen atoms in total. The van der Waals surface area contributed by atoms with Crippen LogP contribution in [0.4, 0.5) is 5.95 Å². The third kappa shape index (κ3) is 4.92. The van der Waals surface area contributed by atoms with Gasteiger partial charge in [-0.15, -0.1) is 0 Å². The molecular formula is C20H24ClN5O2. The molecule has 0 unspecified atom stereocenters. The molecule has 1 aromatic heterocycles. The second kappa shape index (κ2) is 9.41. The third-order valence-electron chi connectivity index (χ3n) is 4.25. The first-order valence-electron chi connectivity index (χ1n) is 9.15. The minimum absolute atomic E-state index is 0.441. The highest BCUT2D eigenvalue weighted by atomic mass is 35.5. The van der Waals surface area contributed by atoms with Crippen LogP contribution in [0.2, 0.25) is 5.02 Å². The first kappa shape index (κ1) is 19.9.